The minimum Gasteiger partial charge on any atom is -0.508 e. The lowest BCUT2D eigenvalue weighted by atomic mass is 10.1. The molecule has 0 aliphatic carbocycles. The van der Waals surface area contributed by atoms with Crippen molar-refractivity contribution in [3.05, 3.63) is 65.7 Å². The fourth-order valence-corrected chi connectivity index (χ4v) is 1.86. The Labute approximate surface area is 122 Å². The number of rotatable bonds is 5. The first-order chi connectivity index (χ1) is 10.2. The fraction of sp³-hybridized carbons (Fsp3) is 0.125. The standard InChI is InChI=1S/C16H16N2O3/c1-21-15(13-7-3-2-4-8-13)16(20)18-17-11-12-6-5-9-14(19)10-12/h2-11,15,19H,1H3,(H,18,20)/b17-11+. The van der Waals surface area contributed by atoms with Gasteiger partial charge in [0, 0.05) is 7.11 Å². The van der Waals surface area contributed by atoms with E-state index < -0.39 is 6.10 Å². The van der Waals surface area contributed by atoms with Crippen LogP contribution < -0.4 is 5.43 Å². The van der Waals surface area contributed by atoms with Crippen molar-refractivity contribution in [1.29, 1.82) is 0 Å². The van der Waals surface area contributed by atoms with Gasteiger partial charge in [-0.3, -0.25) is 4.79 Å². The first kappa shape index (κ1) is 14.7. The molecule has 0 aliphatic rings. The SMILES string of the molecule is COC(C(=O)N/N=C/c1cccc(O)c1)c1ccccc1. The van der Waals surface area contributed by atoms with Crippen molar-refractivity contribution in [2.45, 2.75) is 6.10 Å². The Morgan fingerprint density at radius 3 is 2.67 bits per heavy atom. The molecule has 0 spiro atoms. The van der Waals surface area contributed by atoms with Crippen LogP contribution in [0.25, 0.3) is 0 Å². The van der Waals surface area contributed by atoms with Crippen LogP contribution in [0.1, 0.15) is 17.2 Å². The van der Waals surface area contributed by atoms with Crippen LogP contribution in [0.15, 0.2) is 59.7 Å². The molecule has 108 valence electrons. The summed E-state index contributed by atoms with van der Waals surface area (Å²) in [4.78, 5) is 12.0. The van der Waals surface area contributed by atoms with E-state index in [2.05, 4.69) is 10.5 Å². The van der Waals surface area contributed by atoms with Gasteiger partial charge < -0.3 is 9.84 Å². The number of nitrogens with zero attached hydrogens (tertiary/aromatic N) is 1. The molecule has 21 heavy (non-hydrogen) atoms. The molecule has 0 saturated heterocycles. The number of amides is 1. The number of methoxy groups -OCH3 is 1. The maximum Gasteiger partial charge on any atom is 0.273 e. The van der Waals surface area contributed by atoms with E-state index in [4.69, 9.17) is 4.74 Å². The van der Waals surface area contributed by atoms with E-state index in [1.54, 1.807) is 24.3 Å². The average molecular weight is 284 g/mol. The summed E-state index contributed by atoms with van der Waals surface area (Å²) in [5.41, 5.74) is 3.86. The van der Waals surface area contributed by atoms with Crippen molar-refractivity contribution in [3.63, 3.8) is 0 Å². The van der Waals surface area contributed by atoms with Crippen LogP contribution in [0.4, 0.5) is 0 Å². The zero-order valence-electron chi connectivity index (χ0n) is 11.6. The van der Waals surface area contributed by atoms with E-state index >= 15 is 0 Å². The Kier molecular flexibility index (Phi) is 5.06. The number of hydrogen-bond acceptors (Lipinski definition) is 4. The minimum absolute atomic E-state index is 0.143. The molecule has 2 rings (SSSR count). The number of carbonyl (C=O) groups is 1. The van der Waals surface area contributed by atoms with Gasteiger partial charge in [0.1, 0.15) is 5.75 Å². The topological polar surface area (TPSA) is 70.9 Å². The maximum atomic E-state index is 12.0. The molecule has 5 nitrogen and oxygen atoms in total. The van der Waals surface area contributed by atoms with Gasteiger partial charge in [-0.05, 0) is 23.3 Å². The Hall–Kier alpha value is -2.66. The average Bonchev–Trinajstić information content (AvgIpc) is 2.49. The molecule has 2 aromatic carbocycles. The van der Waals surface area contributed by atoms with Gasteiger partial charge in [0.25, 0.3) is 5.91 Å². The second-order valence-corrected chi connectivity index (χ2v) is 4.36. The molecule has 0 aromatic heterocycles. The first-order valence-corrected chi connectivity index (χ1v) is 6.40. The summed E-state index contributed by atoms with van der Waals surface area (Å²) in [6.07, 6.45) is 0.738. The van der Waals surface area contributed by atoms with Crippen LogP contribution in [0.3, 0.4) is 0 Å². The zero-order chi connectivity index (χ0) is 15.1. The molecule has 0 fully saturated rings. The van der Waals surface area contributed by atoms with E-state index in [0.29, 0.717) is 5.56 Å². The summed E-state index contributed by atoms with van der Waals surface area (Å²) in [7, 11) is 1.47. The van der Waals surface area contributed by atoms with Crippen molar-refractivity contribution >= 4 is 12.1 Å². The highest BCUT2D eigenvalue weighted by Gasteiger charge is 2.18. The molecule has 0 heterocycles. The quantitative estimate of drug-likeness (QED) is 0.653. The molecule has 5 heteroatoms. The molecule has 1 unspecified atom stereocenters. The third-order valence-electron chi connectivity index (χ3n) is 2.83. The number of ether oxygens (including phenoxy) is 1. The van der Waals surface area contributed by atoms with Crippen LogP contribution in [0, 0.1) is 0 Å². The predicted molar refractivity (Wildman–Crippen MR) is 80.0 cm³/mol. The number of nitrogens with one attached hydrogen (secondary N) is 1. The Morgan fingerprint density at radius 1 is 1.24 bits per heavy atom. The Balaban J connectivity index is 2.00. The monoisotopic (exact) mass is 284 g/mol. The van der Waals surface area contributed by atoms with Gasteiger partial charge >= 0.3 is 0 Å². The van der Waals surface area contributed by atoms with Gasteiger partial charge in [-0.15, -0.1) is 0 Å². The summed E-state index contributed by atoms with van der Waals surface area (Å²) < 4.78 is 5.19. The van der Waals surface area contributed by atoms with Crippen molar-refractivity contribution in [2.24, 2.45) is 5.10 Å². The van der Waals surface area contributed by atoms with E-state index in [9.17, 15) is 9.90 Å². The number of phenols is 1. The van der Waals surface area contributed by atoms with Gasteiger partial charge in [0.2, 0.25) is 0 Å². The second-order valence-electron chi connectivity index (χ2n) is 4.36. The van der Waals surface area contributed by atoms with Gasteiger partial charge in [0.05, 0.1) is 6.21 Å². The largest absolute Gasteiger partial charge is 0.508 e. The van der Waals surface area contributed by atoms with Crippen LogP contribution in [-0.4, -0.2) is 24.3 Å². The second kappa shape index (κ2) is 7.21. The molecule has 0 aliphatic heterocycles. The normalized spacial score (nSPS) is 12.2. The van der Waals surface area contributed by atoms with E-state index in [0.717, 1.165) is 5.56 Å². The number of hydrazone groups is 1. The number of hydrogen-bond donors (Lipinski definition) is 2. The minimum atomic E-state index is -0.715. The van der Waals surface area contributed by atoms with Crippen molar-refractivity contribution in [3.8, 4) is 5.75 Å². The van der Waals surface area contributed by atoms with Crippen molar-refractivity contribution in [2.75, 3.05) is 7.11 Å². The summed E-state index contributed by atoms with van der Waals surface area (Å²) in [6.45, 7) is 0. The third-order valence-corrected chi connectivity index (χ3v) is 2.83. The zero-order valence-corrected chi connectivity index (χ0v) is 11.6. The summed E-state index contributed by atoms with van der Waals surface area (Å²) in [5, 5.41) is 13.2. The highest BCUT2D eigenvalue weighted by molar-refractivity contribution is 5.85. The molecule has 0 saturated carbocycles. The lowest BCUT2D eigenvalue weighted by Crippen LogP contribution is -2.26. The Bertz CT molecular complexity index is 626. The number of phenolic OH excluding ortho intramolecular Hbond substituents is 1. The van der Waals surface area contributed by atoms with Crippen LogP contribution in [-0.2, 0) is 9.53 Å². The third kappa shape index (κ3) is 4.15. The molecule has 0 radical (unpaired) electrons. The van der Waals surface area contributed by atoms with Crippen LogP contribution in [0.2, 0.25) is 0 Å². The lowest BCUT2D eigenvalue weighted by Gasteiger charge is -2.13. The highest BCUT2D eigenvalue weighted by atomic mass is 16.5. The van der Waals surface area contributed by atoms with E-state index in [1.165, 1.54) is 13.3 Å². The van der Waals surface area contributed by atoms with Gasteiger partial charge in [-0.25, -0.2) is 5.43 Å². The van der Waals surface area contributed by atoms with Crippen molar-refractivity contribution in [1.82, 2.24) is 5.43 Å². The van der Waals surface area contributed by atoms with Gasteiger partial charge in [0.15, 0.2) is 6.10 Å². The number of aromatic hydroxyl groups is 1. The first-order valence-electron chi connectivity index (χ1n) is 6.40. The van der Waals surface area contributed by atoms with Crippen LogP contribution >= 0.6 is 0 Å². The summed E-state index contributed by atoms with van der Waals surface area (Å²) in [6, 6.07) is 15.7. The fourth-order valence-electron chi connectivity index (χ4n) is 1.86. The summed E-state index contributed by atoms with van der Waals surface area (Å²) >= 11 is 0. The molecule has 2 N–H and O–H groups in total. The highest BCUT2D eigenvalue weighted by Crippen LogP contribution is 2.16. The smallest absolute Gasteiger partial charge is 0.273 e. The summed E-state index contributed by atoms with van der Waals surface area (Å²) in [5.74, 6) is -0.218. The molecular formula is C16H16N2O3. The van der Waals surface area contributed by atoms with Crippen LogP contribution in [0.5, 0.6) is 5.75 Å². The molecule has 0 bridgehead atoms. The van der Waals surface area contributed by atoms with E-state index in [1.807, 2.05) is 30.3 Å². The van der Waals surface area contributed by atoms with Gasteiger partial charge in [-0.1, -0.05) is 42.5 Å². The van der Waals surface area contributed by atoms with E-state index in [-0.39, 0.29) is 11.7 Å². The molecule has 1 amide bonds. The number of carbonyl (C=O) groups excluding carboxylic acids is 1. The Morgan fingerprint density at radius 2 is 2.00 bits per heavy atom. The van der Waals surface area contributed by atoms with Gasteiger partial charge in [-0.2, -0.15) is 5.10 Å². The molecule has 1 atom stereocenters. The maximum absolute atomic E-state index is 12.0. The predicted octanol–water partition coefficient (Wildman–Crippen LogP) is 2.23. The van der Waals surface area contributed by atoms with Crippen molar-refractivity contribution < 1.29 is 14.6 Å². The molecule has 2 aromatic rings. The molecular weight excluding hydrogens is 268 g/mol. The lowest BCUT2D eigenvalue weighted by molar-refractivity contribution is -0.131. The number of benzene rings is 2.